The van der Waals surface area contributed by atoms with Crippen molar-refractivity contribution in [2.45, 2.75) is 288 Å². The van der Waals surface area contributed by atoms with Crippen LogP contribution in [0.15, 0.2) is 11.6 Å². The van der Waals surface area contributed by atoms with E-state index in [0.717, 1.165) is 44.9 Å². The van der Waals surface area contributed by atoms with Gasteiger partial charge in [0.15, 0.2) is 36.9 Å². The van der Waals surface area contributed by atoms with Crippen molar-refractivity contribution in [3.8, 4) is 0 Å². The number of allylic oxidation sites excluding steroid dienone is 1. The summed E-state index contributed by atoms with van der Waals surface area (Å²) in [5.41, 5.74) is 0.280. The molecule has 0 amide bonds. The standard InChI is InChI=1S/C52H96O16S/c1-5-7-9-11-13-15-17-19-20-21-23-24-26-28-30-32-34-39(3)36-40(4)50(59)64-47-45(57)42(38-54)62-52(65-51-48(66-69-68-67-60)46(58)44(56)41(37-53)61-51)49(47)63-43(55)35-33-31-29-27-25-22-18-16-14-12-10-8-6-2/h36,39,41-42,44-49,51-54,56-58,60H,5-35,37-38H2,1-4H3/t39-,41?,42?,44?,45?,46?,47?,48?,49?,51?,52?/m1/s1. The summed E-state index contributed by atoms with van der Waals surface area (Å²) in [6.07, 6.45) is 21.8. The van der Waals surface area contributed by atoms with Gasteiger partial charge in [-0.15, -0.1) is 4.33 Å². The number of esters is 2. The van der Waals surface area contributed by atoms with Crippen LogP contribution in [0.5, 0.6) is 0 Å². The predicted molar refractivity (Wildman–Crippen MR) is 265 cm³/mol. The van der Waals surface area contributed by atoms with E-state index in [0.29, 0.717) is 6.42 Å². The molecule has 0 aromatic rings. The summed E-state index contributed by atoms with van der Waals surface area (Å²) >= 11 is 0.0630. The highest BCUT2D eigenvalue weighted by molar-refractivity contribution is 7.89. The smallest absolute Gasteiger partial charge is 0.333 e. The Morgan fingerprint density at radius 1 is 0.565 bits per heavy atom. The molecule has 2 saturated heterocycles. The van der Waals surface area contributed by atoms with Crippen LogP contribution in [0.1, 0.15) is 227 Å². The Hall–Kier alpha value is -1.45. The molecule has 0 aromatic carbocycles. The van der Waals surface area contributed by atoms with E-state index in [4.69, 9.17) is 33.1 Å². The van der Waals surface area contributed by atoms with Gasteiger partial charge in [0.25, 0.3) is 0 Å². The molecule has 16 nitrogen and oxygen atoms in total. The molecule has 0 spiro atoms. The highest BCUT2D eigenvalue weighted by atomic mass is 32.2. The Bertz CT molecular complexity index is 1300. The quantitative estimate of drug-likeness (QED) is 0.00833. The lowest BCUT2D eigenvalue weighted by molar-refractivity contribution is -0.435. The van der Waals surface area contributed by atoms with Gasteiger partial charge in [0.2, 0.25) is 6.29 Å². The zero-order chi connectivity index (χ0) is 50.5. The van der Waals surface area contributed by atoms with Gasteiger partial charge >= 0.3 is 11.9 Å². The average Bonchev–Trinajstić information content (AvgIpc) is 3.34. The summed E-state index contributed by atoms with van der Waals surface area (Å²) in [7, 11) is 0. The van der Waals surface area contributed by atoms with E-state index < -0.39 is 86.6 Å². The Kier molecular flexibility index (Phi) is 37.8. The van der Waals surface area contributed by atoms with Crippen molar-refractivity contribution in [1.82, 2.24) is 0 Å². The lowest BCUT2D eigenvalue weighted by Gasteiger charge is -2.46. The van der Waals surface area contributed by atoms with Gasteiger partial charge in [-0.25, -0.2) is 10.1 Å². The van der Waals surface area contributed by atoms with E-state index in [2.05, 4.69) is 23.2 Å². The third-order valence-electron chi connectivity index (χ3n) is 13.5. The van der Waals surface area contributed by atoms with E-state index in [1.165, 1.54) is 141 Å². The van der Waals surface area contributed by atoms with E-state index in [-0.39, 0.29) is 30.2 Å². The molecular formula is C52H96O16S. The number of carbonyl (C=O) groups is 2. The lowest BCUT2D eigenvalue weighted by atomic mass is 9.97. The molecule has 10 unspecified atom stereocenters. The van der Waals surface area contributed by atoms with Gasteiger partial charge in [0, 0.05) is 12.0 Å². The van der Waals surface area contributed by atoms with Gasteiger partial charge in [-0.05, 0) is 25.7 Å². The minimum absolute atomic E-state index is 0.00920. The fourth-order valence-electron chi connectivity index (χ4n) is 9.19. The molecule has 69 heavy (non-hydrogen) atoms. The summed E-state index contributed by atoms with van der Waals surface area (Å²) < 4.78 is 39.1. The van der Waals surface area contributed by atoms with Gasteiger partial charge in [0.05, 0.1) is 13.2 Å². The molecule has 2 aliphatic rings. The summed E-state index contributed by atoms with van der Waals surface area (Å²) in [6.45, 7) is 6.61. The molecule has 17 heteroatoms. The van der Waals surface area contributed by atoms with Gasteiger partial charge < -0.3 is 49.2 Å². The molecule has 2 heterocycles. The van der Waals surface area contributed by atoms with E-state index in [9.17, 15) is 35.1 Å². The zero-order valence-electron chi connectivity index (χ0n) is 42.9. The van der Waals surface area contributed by atoms with Crippen LogP contribution in [0.4, 0.5) is 0 Å². The number of aliphatic hydroxyl groups is 5. The predicted octanol–water partition coefficient (Wildman–Crippen LogP) is 10.4. The molecule has 11 atom stereocenters. The van der Waals surface area contributed by atoms with Gasteiger partial charge in [0.1, 0.15) is 30.5 Å². The van der Waals surface area contributed by atoms with E-state index >= 15 is 0 Å². The maximum absolute atomic E-state index is 13.7. The molecule has 2 aliphatic heterocycles. The first-order chi connectivity index (χ1) is 33.5. The summed E-state index contributed by atoms with van der Waals surface area (Å²) in [5, 5.41) is 65.3. The monoisotopic (exact) mass is 1010 g/mol. The highest BCUT2D eigenvalue weighted by Gasteiger charge is 2.54. The number of hydrogen-bond acceptors (Lipinski definition) is 17. The number of ether oxygens (including phenoxy) is 5. The van der Waals surface area contributed by atoms with Crippen LogP contribution in [0.3, 0.4) is 0 Å². The Labute approximate surface area is 419 Å². The van der Waals surface area contributed by atoms with Crippen molar-refractivity contribution in [1.29, 1.82) is 0 Å². The third-order valence-corrected chi connectivity index (χ3v) is 13.9. The van der Waals surface area contributed by atoms with Crippen molar-refractivity contribution in [2.75, 3.05) is 13.2 Å². The van der Waals surface area contributed by atoms with Crippen LogP contribution >= 0.6 is 12.3 Å². The van der Waals surface area contributed by atoms with Crippen LogP contribution < -0.4 is 0 Å². The van der Waals surface area contributed by atoms with Crippen LogP contribution in [0.25, 0.3) is 0 Å². The molecular weight excluding hydrogens is 913 g/mol. The van der Waals surface area contributed by atoms with Crippen LogP contribution in [-0.2, 0) is 46.8 Å². The zero-order valence-corrected chi connectivity index (χ0v) is 43.8. The summed E-state index contributed by atoms with van der Waals surface area (Å²) in [4.78, 5) is 27.2. The first-order valence-electron chi connectivity index (χ1n) is 27.1. The third kappa shape index (κ3) is 27.4. The van der Waals surface area contributed by atoms with Crippen molar-refractivity contribution >= 4 is 24.3 Å². The minimum Gasteiger partial charge on any atom is -0.453 e. The van der Waals surface area contributed by atoms with Crippen molar-refractivity contribution in [2.24, 2.45) is 5.92 Å². The molecule has 0 saturated carbocycles. The molecule has 6 N–H and O–H groups in total. The molecule has 0 radical (unpaired) electrons. The van der Waals surface area contributed by atoms with E-state index in [1.54, 1.807) is 6.92 Å². The average molecular weight is 1010 g/mol. The fourth-order valence-corrected chi connectivity index (χ4v) is 9.54. The van der Waals surface area contributed by atoms with Crippen molar-refractivity contribution in [3.05, 3.63) is 11.6 Å². The first-order valence-corrected chi connectivity index (χ1v) is 27.8. The number of rotatable bonds is 43. The van der Waals surface area contributed by atoms with Crippen molar-refractivity contribution < 1.29 is 77.6 Å². The van der Waals surface area contributed by atoms with Crippen LogP contribution in [0, 0.1) is 5.92 Å². The second-order valence-electron chi connectivity index (χ2n) is 19.6. The van der Waals surface area contributed by atoms with E-state index in [1.807, 2.05) is 13.0 Å². The first kappa shape index (κ1) is 63.7. The SMILES string of the molecule is CCCCCCCCCCCCCCCCCC[C@@H](C)C=C(C)C(=O)OC1C(O)C(CO)OC(OC2OC(CO)C(O)C(O)C2OSOOO)C1OC(=O)CCCCCCCCCCCCCCC. The van der Waals surface area contributed by atoms with Crippen LogP contribution in [0.2, 0.25) is 0 Å². The molecule has 0 aliphatic carbocycles. The van der Waals surface area contributed by atoms with Gasteiger partial charge in [-0.2, -0.15) is 0 Å². The second-order valence-corrected chi connectivity index (χ2v) is 20.0. The number of hydrogen-bond donors (Lipinski definition) is 6. The van der Waals surface area contributed by atoms with Gasteiger partial charge in [-0.1, -0.05) is 212 Å². The lowest BCUT2D eigenvalue weighted by Crippen LogP contribution is -2.65. The Morgan fingerprint density at radius 2 is 0.986 bits per heavy atom. The maximum Gasteiger partial charge on any atom is 0.333 e. The molecule has 2 rings (SSSR count). The second kappa shape index (κ2) is 41.0. The fraction of sp³-hybridized carbons (Fsp3) is 0.923. The molecule has 2 fully saturated rings. The van der Waals surface area contributed by atoms with Gasteiger partial charge in [-0.3, -0.25) is 8.98 Å². The van der Waals surface area contributed by atoms with Crippen LogP contribution in [-0.4, -0.2) is 117 Å². The highest BCUT2D eigenvalue weighted by Crippen LogP contribution is 2.34. The number of unbranched alkanes of at least 4 members (excludes halogenated alkanes) is 27. The largest absolute Gasteiger partial charge is 0.453 e. The summed E-state index contributed by atoms with van der Waals surface area (Å²) in [6, 6.07) is 0. The molecule has 0 bridgehead atoms. The topological polar surface area (TPSA) is 229 Å². The Morgan fingerprint density at radius 3 is 1.43 bits per heavy atom. The molecule has 0 aromatic heterocycles. The Balaban J connectivity index is 2.02. The minimum atomic E-state index is -1.77. The maximum atomic E-state index is 13.7. The van der Waals surface area contributed by atoms with Crippen molar-refractivity contribution in [3.63, 3.8) is 0 Å². The summed E-state index contributed by atoms with van der Waals surface area (Å²) in [5.74, 6) is -1.40. The molecule has 406 valence electrons. The normalized spacial score (nSPS) is 25.7. The number of aliphatic hydroxyl groups excluding tert-OH is 5. The number of carbonyl (C=O) groups excluding carboxylic acids is 2.